The minimum atomic E-state index is 0.0343. The summed E-state index contributed by atoms with van der Waals surface area (Å²) >= 11 is 0. The molecule has 1 saturated heterocycles. The van der Waals surface area contributed by atoms with E-state index in [0.717, 1.165) is 26.2 Å². The zero-order valence-electron chi connectivity index (χ0n) is 10.7. The number of hydrogen-bond acceptors (Lipinski definition) is 3. The van der Waals surface area contributed by atoms with Gasteiger partial charge in [0.05, 0.1) is 13.1 Å². The van der Waals surface area contributed by atoms with Gasteiger partial charge in [0.15, 0.2) is 0 Å². The van der Waals surface area contributed by atoms with Crippen LogP contribution in [-0.2, 0) is 4.79 Å². The average molecular weight is 237 g/mol. The van der Waals surface area contributed by atoms with Crippen molar-refractivity contribution >= 4 is 5.91 Å². The van der Waals surface area contributed by atoms with E-state index < -0.39 is 0 Å². The molecule has 1 rings (SSSR count). The molecule has 1 aliphatic heterocycles. The van der Waals surface area contributed by atoms with Gasteiger partial charge in [-0.3, -0.25) is 9.69 Å². The Morgan fingerprint density at radius 2 is 2.41 bits per heavy atom. The Balaban J connectivity index is 2.24. The van der Waals surface area contributed by atoms with Crippen molar-refractivity contribution in [2.75, 3.05) is 39.3 Å². The molecule has 0 radical (unpaired) electrons. The van der Waals surface area contributed by atoms with E-state index >= 15 is 0 Å². The summed E-state index contributed by atoms with van der Waals surface area (Å²) < 4.78 is 0. The van der Waals surface area contributed by atoms with Gasteiger partial charge >= 0.3 is 0 Å². The molecule has 1 unspecified atom stereocenters. The standard InChI is InChI=1S/C13H23N3O/c1-3-7-15-13(17)11-16-8-5-6-12(10-16)9-14-4-2/h1,12,14H,4-11H2,2H3,(H,15,17). The van der Waals surface area contributed by atoms with Crippen LogP contribution in [0.3, 0.4) is 0 Å². The van der Waals surface area contributed by atoms with Crippen LogP contribution in [0.4, 0.5) is 0 Å². The second-order valence-corrected chi connectivity index (χ2v) is 4.53. The third-order valence-corrected chi connectivity index (χ3v) is 3.04. The van der Waals surface area contributed by atoms with Crippen molar-refractivity contribution in [2.24, 2.45) is 5.92 Å². The van der Waals surface area contributed by atoms with E-state index in [-0.39, 0.29) is 5.91 Å². The molecule has 4 nitrogen and oxygen atoms in total. The number of rotatable bonds is 6. The fourth-order valence-corrected chi connectivity index (χ4v) is 2.22. The van der Waals surface area contributed by atoms with Gasteiger partial charge in [0.25, 0.3) is 0 Å². The van der Waals surface area contributed by atoms with Crippen LogP contribution in [0.2, 0.25) is 0 Å². The predicted octanol–water partition coefficient (Wildman–Crippen LogP) is 0.0573. The molecule has 0 spiro atoms. The SMILES string of the molecule is C#CCNC(=O)CN1CCCC(CNCC)C1. The highest BCUT2D eigenvalue weighted by Crippen LogP contribution is 2.15. The zero-order valence-corrected chi connectivity index (χ0v) is 10.7. The molecule has 1 amide bonds. The molecule has 0 bridgehead atoms. The summed E-state index contributed by atoms with van der Waals surface area (Å²) in [7, 11) is 0. The number of nitrogens with zero attached hydrogens (tertiary/aromatic N) is 1. The van der Waals surface area contributed by atoms with E-state index in [1.807, 2.05) is 0 Å². The van der Waals surface area contributed by atoms with Crippen LogP contribution >= 0.6 is 0 Å². The Morgan fingerprint density at radius 1 is 1.59 bits per heavy atom. The second kappa shape index (κ2) is 8.10. The summed E-state index contributed by atoms with van der Waals surface area (Å²) in [4.78, 5) is 13.7. The number of nitrogens with one attached hydrogen (secondary N) is 2. The molecule has 1 heterocycles. The Bertz CT molecular complexity index is 272. The molecule has 0 aromatic carbocycles. The van der Waals surface area contributed by atoms with Crippen LogP contribution in [-0.4, -0.2) is 50.1 Å². The van der Waals surface area contributed by atoms with Crippen LogP contribution < -0.4 is 10.6 Å². The topological polar surface area (TPSA) is 44.4 Å². The fourth-order valence-electron chi connectivity index (χ4n) is 2.22. The van der Waals surface area contributed by atoms with Gasteiger partial charge < -0.3 is 10.6 Å². The van der Waals surface area contributed by atoms with Crippen molar-refractivity contribution < 1.29 is 4.79 Å². The van der Waals surface area contributed by atoms with Crippen molar-refractivity contribution in [3.05, 3.63) is 0 Å². The lowest BCUT2D eigenvalue weighted by molar-refractivity contribution is -0.122. The molecule has 0 aromatic rings. The van der Waals surface area contributed by atoms with E-state index in [2.05, 4.69) is 28.4 Å². The zero-order chi connectivity index (χ0) is 12.5. The summed E-state index contributed by atoms with van der Waals surface area (Å²) in [6, 6.07) is 0. The first kappa shape index (κ1) is 14.0. The fraction of sp³-hybridized carbons (Fsp3) is 0.769. The van der Waals surface area contributed by atoms with Crippen LogP contribution in [0, 0.1) is 18.3 Å². The number of piperidine rings is 1. The molecular weight excluding hydrogens is 214 g/mol. The van der Waals surface area contributed by atoms with Gasteiger partial charge in [-0.2, -0.15) is 0 Å². The van der Waals surface area contributed by atoms with E-state index in [1.165, 1.54) is 12.8 Å². The van der Waals surface area contributed by atoms with E-state index in [4.69, 9.17) is 6.42 Å². The van der Waals surface area contributed by atoms with Gasteiger partial charge in [-0.05, 0) is 38.4 Å². The Morgan fingerprint density at radius 3 is 3.12 bits per heavy atom. The van der Waals surface area contributed by atoms with Gasteiger partial charge in [-0.1, -0.05) is 12.8 Å². The summed E-state index contributed by atoms with van der Waals surface area (Å²) in [6.07, 6.45) is 7.54. The monoisotopic (exact) mass is 237 g/mol. The van der Waals surface area contributed by atoms with Crippen LogP contribution in [0.25, 0.3) is 0 Å². The quantitative estimate of drug-likeness (QED) is 0.642. The molecule has 17 heavy (non-hydrogen) atoms. The minimum absolute atomic E-state index is 0.0343. The highest BCUT2D eigenvalue weighted by atomic mass is 16.2. The van der Waals surface area contributed by atoms with E-state index in [1.54, 1.807) is 0 Å². The van der Waals surface area contributed by atoms with Crippen LogP contribution in [0.5, 0.6) is 0 Å². The lowest BCUT2D eigenvalue weighted by atomic mass is 9.98. The van der Waals surface area contributed by atoms with Crippen molar-refractivity contribution in [1.29, 1.82) is 0 Å². The highest BCUT2D eigenvalue weighted by Gasteiger charge is 2.20. The number of carbonyl (C=O) groups excluding carboxylic acids is 1. The normalized spacial score (nSPS) is 20.8. The number of carbonyl (C=O) groups is 1. The smallest absolute Gasteiger partial charge is 0.234 e. The lowest BCUT2D eigenvalue weighted by Crippen LogP contribution is -2.44. The Hall–Kier alpha value is -1.05. The third kappa shape index (κ3) is 5.71. The number of terminal acetylenes is 1. The first-order valence-corrected chi connectivity index (χ1v) is 6.39. The lowest BCUT2D eigenvalue weighted by Gasteiger charge is -2.32. The van der Waals surface area contributed by atoms with Crippen molar-refractivity contribution in [3.63, 3.8) is 0 Å². The molecule has 0 aromatic heterocycles. The van der Waals surface area contributed by atoms with Gasteiger partial charge in [0, 0.05) is 6.54 Å². The summed E-state index contributed by atoms with van der Waals surface area (Å²) in [5.74, 6) is 3.12. The summed E-state index contributed by atoms with van der Waals surface area (Å²) in [5.41, 5.74) is 0. The largest absolute Gasteiger partial charge is 0.344 e. The maximum Gasteiger partial charge on any atom is 0.234 e. The maximum absolute atomic E-state index is 11.5. The van der Waals surface area contributed by atoms with Gasteiger partial charge in [-0.25, -0.2) is 0 Å². The third-order valence-electron chi connectivity index (χ3n) is 3.04. The van der Waals surface area contributed by atoms with Crippen molar-refractivity contribution in [2.45, 2.75) is 19.8 Å². The molecule has 2 N–H and O–H groups in total. The first-order valence-electron chi connectivity index (χ1n) is 6.39. The molecule has 1 aliphatic rings. The molecule has 1 atom stereocenters. The van der Waals surface area contributed by atoms with E-state index in [0.29, 0.717) is 19.0 Å². The minimum Gasteiger partial charge on any atom is -0.344 e. The first-order chi connectivity index (χ1) is 8.26. The molecule has 0 aliphatic carbocycles. The van der Waals surface area contributed by atoms with Gasteiger partial charge in [-0.15, -0.1) is 6.42 Å². The number of likely N-dealkylation sites (tertiary alicyclic amines) is 1. The maximum atomic E-state index is 11.5. The number of hydrogen-bond donors (Lipinski definition) is 2. The van der Waals surface area contributed by atoms with Gasteiger partial charge in [0.2, 0.25) is 5.91 Å². The van der Waals surface area contributed by atoms with Crippen molar-refractivity contribution in [3.8, 4) is 12.3 Å². The van der Waals surface area contributed by atoms with Crippen LogP contribution in [0.15, 0.2) is 0 Å². The molecule has 4 heteroatoms. The van der Waals surface area contributed by atoms with Gasteiger partial charge in [0.1, 0.15) is 0 Å². The highest BCUT2D eigenvalue weighted by molar-refractivity contribution is 5.78. The molecule has 0 saturated carbocycles. The average Bonchev–Trinajstić information content (AvgIpc) is 2.34. The predicted molar refractivity (Wildman–Crippen MR) is 69.6 cm³/mol. The second-order valence-electron chi connectivity index (χ2n) is 4.53. The van der Waals surface area contributed by atoms with Crippen molar-refractivity contribution in [1.82, 2.24) is 15.5 Å². The number of amides is 1. The Labute approximate surface area is 104 Å². The molecule has 96 valence electrons. The summed E-state index contributed by atoms with van der Waals surface area (Å²) in [5, 5.41) is 6.08. The molecule has 1 fully saturated rings. The van der Waals surface area contributed by atoms with E-state index in [9.17, 15) is 4.79 Å². The summed E-state index contributed by atoms with van der Waals surface area (Å²) in [6.45, 7) is 7.02. The Kier molecular flexibility index (Phi) is 6.68. The van der Waals surface area contributed by atoms with Crippen LogP contribution in [0.1, 0.15) is 19.8 Å². The molecular formula is C13H23N3O.